The van der Waals surface area contributed by atoms with Gasteiger partial charge in [0.2, 0.25) is 5.89 Å². The minimum Gasteiger partial charge on any atom is -0.463 e. The number of ether oxygens (including phenoxy) is 1. The molecule has 0 aliphatic carbocycles. The van der Waals surface area contributed by atoms with Gasteiger partial charge in [0.1, 0.15) is 0 Å². The minimum absolute atomic E-state index is 0.243. The largest absolute Gasteiger partial charge is 0.463 e. The lowest BCUT2D eigenvalue weighted by Crippen LogP contribution is -2.48. The van der Waals surface area contributed by atoms with Crippen molar-refractivity contribution < 1.29 is 18.7 Å². The molecule has 33 heavy (non-hydrogen) atoms. The van der Waals surface area contributed by atoms with E-state index >= 15 is 0 Å². The number of urea groups is 1. The molecule has 0 spiro atoms. The van der Waals surface area contributed by atoms with Crippen molar-refractivity contribution in [1.29, 1.82) is 0 Å². The Hall–Kier alpha value is -3.02. The molecular weight excluding hydrogens is 462 g/mol. The summed E-state index contributed by atoms with van der Waals surface area (Å²) >= 11 is 3.01. The van der Waals surface area contributed by atoms with Crippen molar-refractivity contribution in [3.8, 4) is 10.8 Å². The second-order valence-electron chi connectivity index (χ2n) is 7.35. The second-order valence-corrected chi connectivity index (χ2v) is 9.28. The monoisotopic (exact) mass is 487 g/mol. The lowest BCUT2D eigenvalue weighted by molar-refractivity contribution is -0.139. The maximum atomic E-state index is 12.9. The molecule has 0 unspecified atom stereocenters. The van der Waals surface area contributed by atoms with E-state index in [4.69, 9.17) is 9.15 Å². The minimum atomic E-state index is -0.565. The Kier molecular flexibility index (Phi) is 7.53. The van der Waals surface area contributed by atoms with Crippen molar-refractivity contribution in [2.24, 2.45) is 0 Å². The molecule has 0 bridgehead atoms. The molecule has 3 aromatic rings. The number of esters is 1. The summed E-state index contributed by atoms with van der Waals surface area (Å²) in [6, 6.07) is 6.72. The number of nitrogens with zero attached hydrogens (tertiary/aromatic N) is 3. The van der Waals surface area contributed by atoms with Crippen LogP contribution in [0.5, 0.6) is 0 Å². The average Bonchev–Trinajstić information content (AvgIpc) is 3.55. The summed E-state index contributed by atoms with van der Waals surface area (Å²) in [5.74, 6) is 0.503. The van der Waals surface area contributed by atoms with Gasteiger partial charge < -0.3 is 19.8 Å². The quantitative estimate of drug-likeness (QED) is 0.417. The Morgan fingerprint density at radius 3 is 2.70 bits per heavy atom. The van der Waals surface area contributed by atoms with Crippen LogP contribution in [0.15, 0.2) is 50.7 Å². The third-order valence-electron chi connectivity index (χ3n) is 4.96. The first kappa shape index (κ1) is 23.1. The van der Waals surface area contributed by atoms with Crippen molar-refractivity contribution >= 4 is 34.7 Å². The fraction of sp³-hybridized carbons (Fsp3) is 0.364. The highest BCUT2D eigenvalue weighted by atomic mass is 32.1. The lowest BCUT2D eigenvalue weighted by atomic mass is 10.0. The van der Waals surface area contributed by atoms with E-state index in [0.717, 1.165) is 16.2 Å². The van der Waals surface area contributed by atoms with E-state index in [1.165, 1.54) is 22.7 Å². The molecule has 0 saturated heterocycles. The number of aromatic nitrogens is 2. The van der Waals surface area contributed by atoms with Gasteiger partial charge in [0.15, 0.2) is 0 Å². The zero-order valence-electron chi connectivity index (χ0n) is 18.4. The second kappa shape index (κ2) is 10.7. The Morgan fingerprint density at radius 2 is 2.00 bits per heavy atom. The van der Waals surface area contributed by atoms with Crippen molar-refractivity contribution in [2.45, 2.75) is 32.9 Å². The molecule has 2 amide bonds. The Labute approximate surface area is 199 Å². The maximum absolute atomic E-state index is 12.9. The van der Waals surface area contributed by atoms with Crippen molar-refractivity contribution in [2.75, 3.05) is 19.7 Å². The standard InChI is InChI=1S/C22H25N5O4S2/c1-3-9-27(13-17-25-26-20(31-17)16-8-6-11-33-16)12-14-18(21(28)30-4-2)19(24-22(29)23-14)15-7-5-10-32-15/h5-8,10-11,19H,3-4,9,12-13H2,1-2H3,(H2,23,24,29)/t19-/m1/s1. The summed E-state index contributed by atoms with van der Waals surface area (Å²) in [5, 5.41) is 17.9. The number of nitrogens with one attached hydrogen (secondary N) is 2. The molecule has 174 valence electrons. The van der Waals surface area contributed by atoms with Gasteiger partial charge in [0.25, 0.3) is 5.89 Å². The Balaban J connectivity index is 1.61. The van der Waals surface area contributed by atoms with Gasteiger partial charge in [-0.2, -0.15) is 0 Å². The predicted molar refractivity (Wildman–Crippen MR) is 126 cm³/mol. The average molecular weight is 488 g/mol. The van der Waals surface area contributed by atoms with E-state index < -0.39 is 12.0 Å². The summed E-state index contributed by atoms with van der Waals surface area (Å²) in [7, 11) is 0. The molecule has 4 heterocycles. The topological polar surface area (TPSA) is 110 Å². The molecule has 3 aromatic heterocycles. The Bertz CT molecular complexity index is 1110. The van der Waals surface area contributed by atoms with Gasteiger partial charge in [-0.3, -0.25) is 4.90 Å². The van der Waals surface area contributed by atoms with Gasteiger partial charge >= 0.3 is 12.0 Å². The smallest absolute Gasteiger partial charge is 0.338 e. The van der Waals surface area contributed by atoms with E-state index in [0.29, 0.717) is 42.7 Å². The molecule has 0 saturated carbocycles. The van der Waals surface area contributed by atoms with E-state index in [1.54, 1.807) is 6.92 Å². The molecule has 1 aliphatic rings. The normalized spacial score (nSPS) is 16.1. The molecule has 1 atom stereocenters. The molecule has 9 nitrogen and oxygen atoms in total. The van der Waals surface area contributed by atoms with Crippen LogP contribution in [0, 0.1) is 0 Å². The van der Waals surface area contributed by atoms with Gasteiger partial charge in [-0.15, -0.1) is 32.9 Å². The van der Waals surface area contributed by atoms with Gasteiger partial charge in [-0.1, -0.05) is 19.1 Å². The SMILES string of the molecule is CCCN(CC1=C(C(=O)OCC)[C@@H](c2cccs2)NC(=O)N1)Cc1nnc(-c2cccs2)o1. The first-order chi connectivity index (χ1) is 16.1. The summed E-state index contributed by atoms with van der Waals surface area (Å²) in [6.07, 6.45) is 0.870. The van der Waals surface area contributed by atoms with Gasteiger partial charge in [0.05, 0.1) is 29.6 Å². The number of thiophene rings is 2. The van der Waals surface area contributed by atoms with E-state index in [-0.39, 0.29) is 12.6 Å². The van der Waals surface area contributed by atoms with Crippen LogP contribution in [0.4, 0.5) is 4.79 Å². The Morgan fingerprint density at radius 1 is 1.18 bits per heavy atom. The fourth-order valence-electron chi connectivity index (χ4n) is 3.62. The van der Waals surface area contributed by atoms with Crippen LogP contribution in [0.25, 0.3) is 10.8 Å². The number of hydrogen-bond donors (Lipinski definition) is 2. The van der Waals surface area contributed by atoms with Crippen LogP contribution in [-0.4, -0.2) is 46.8 Å². The fourth-order valence-corrected chi connectivity index (χ4v) is 5.05. The molecule has 0 fully saturated rings. The summed E-state index contributed by atoms with van der Waals surface area (Å²) in [4.78, 5) is 29.2. The van der Waals surface area contributed by atoms with Crippen LogP contribution >= 0.6 is 22.7 Å². The van der Waals surface area contributed by atoms with Gasteiger partial charge in [-0.05, 0) is 42.8 Å². The lowest BCUT2D eigenvalue weighted by Gasteiger charge is -2.31. The maximum Gasteiger partial charge on any atom is 0.338 e. The zero-order valence-corrected chi connectivity index (χ0v) is 20.0. The number of carbonyl (C=O) groups is 2. The number of amides is 2. The molecule has 0 radical (unpaired) electrons. The van der Waals surface area contributed by atoms with Crippen LogP contribution in [-0.2, 0) is 16.1 Å². The number of carbonyl (C=O) groups excluding carboxylic acids is 2. The van der Waals surface area contributed by atoms with Crippen LogP contribution in [0.1, 0.15) is 37.1 Å². The van der Waals surface area contributed by atoms with Crippen molar-refractivity contribution in [1.82, 2.24) is 25.7 Å². The molecule has 11 heteroatoms. The van der Waals surface area contributed by atoms with Crippen molar-refractivity contribution in [3.05, 3.63) is 57.1 Å². The van der Waals surface area contributed by atoms with Gasteiger partial charge in [-0.25, -0.2) is 9.59 Å². The summed E-state index contributed by atoms with van der Waals surface area (Å²) in [5.41, 5.74) is 0.923. The molecule has 4 rings (SSSR count). The number of rotatable bonds is 10. The van der Waals surface area contributed by atoms with Crippen molar-refractivity contribution in [3.63, 3.8) is 0 Å². The molecule has 0 aromatic carbocycles. The number of hydrogen-bond acceptors (Lipinski definition) is 9. The molecular formula is C22H25N5O4S2. The summed E-state index contributed by atoms with van der Waals surface area (Å²) < 4.78 is 11.2. The summed E-state index contributed by atoms with van der Waals surface area (Å²) in [6.45, 7) is 5.49. The highest BCUT2D eigenvalue weighted by Crippen LogP contribution is 2.31. The van der Waals surface area contributed by atoms with Gasteiger partial charge in [0, 0.05) is 17.1 Å². The zero-order chi connectivity index (χ0) is 23.2. The first-order valence-electron chi connectivity index (χ1n) is 10.7. The van der Waals surface area contributed by atoms with E-state index in [1.807, 2.05) is 35.0 Å². The molecule has 1 aliphatic heterocycles. The van der Waals surface area contributed by atoms with E-state index in [9.17, 15) is 9.59 Å². The third kappa shape index (κ3) is 5.49. The predicted octanol–water partition coefficient (Wildman–Crippen LogP) is 3.94. The third-order valence-corrected chi connectivity index (χ3v) is 6.75. The highest BCUT2D eigenvalue weighted by molar-refractivity contribution is 7.13. The van der Waals surface area contributed by atoms with E-state index in [2.05, 4.69) is 32.7 Å². The van der Waals surface area contributed by atoms with Crippen LogP contribution in [0.3, 0.4) is 0 Å². The molecule has 2 N–H and O–H groups in total. The highest BCUT2D eigenvalue weighted by Gasteiger charge is 2.35. The van der Waals surface area contributed by atoms with Crippen LogP contribution < -0.4 is 10.6 Å². The van der Waals surface area contributed by atoms with Crippen LogP contribution in [0.2, 0.25) is 0 Å². The first-order valence-corrected chi connectivity index (χ1v) is 12.4.